The summed E-state index contributed by atoms with van der Waals surface area (Å²) in [5.74, 6) is 0.543. The molecule has 1 heterocycles. The summed E-state index contributed by atoms with van der Waals surface area (Å²) >= 11 is 5.03. The van der Waals surface area contributed by atoms with Crippen molar-refractivity contribution in [3.8, 4) is 17.0 Å². The van der Waals surface area contributed by atoms with Gasteiger partial charge in [-0.3, -0.25) is 4.79 Å². The van der Waals surface area contributed by atoms with E-state index in [9.17, 15) is 4.79 Å². The van der Waals surface area contributed by atoms with Gasteiger partial charge in [0, 0.05) is 22.0 Å². The minimum atomic E-state index is -0.125. The zero-order valence-corrected chi connectivity index (χ0v) is 16.8. The molecule has 0 fully saturated rings. The lowest BCUT2D eigenvalue weighted by atomic mass is 10.1. The first-order chi connectivity index (χ1) is 12.6. The van der Waals surface area contributed by atoms with Crippen LogP contribution in [0.5, 0.6) is 5.75 Å². The van der Waals surface area contributed by atoms with Crippen LogP contribution in [0.4, 0.5) is 0 Å². The SMILES string of the molecule is Cc1nc(-c2ccc(CCNC(=O)COc3cccc(Br)c3)cc2)cs1. The van der Waals surface area contributed by atoms with Crippen molar-refractivity contribution in [2.45, 2.75) is 13.3 Å². The third kappa shape index (κ3) is 5.41. The molecule has 6 heteroatoms. The lowest BCUT2D eigenvalue weighted by Crippen LogP contribution is -2.30. The molecule has 0 spiro atoms. The summed E-state index contributed by atoms with van der Waals surface area (Å²) in [6.07, 6.45) is 0.777. The Morgan fingerprint density at radius 1 is 1.23 bits per heavy atom. The minimum Gasteiger partial charge on any atom is -0.484 e. The number of hydrogen-bond acceptors (Lipinski definition) is 4. The molecule has 1 amide bonds. The number of carbonyl (C=O) groups excluding carboxylic acids is 1. The second-order valence-corrected chi connectivity index (χ2v) is 7.77. The van der Waals surface area contributed by atoms with Gasteiger partial charge in [0.2, 0.25) is 0 Å². The first kappa shape index (κ1) is 18.6. The van der Waals surface area contributed by atoms with Gasteiger partial charge in [0.15, 0.2) is 6.61 Å². The predicted molar refractivity (Wildman–Crippen MR) is 109 cm³/mol. The van der Waals surface area contributed by atoms with Gasteiger partial charge in [0.1, 0.15) is 5.75 Å². The van der Waals surface area contributed by atoms with Gasteiger partial charge in [0.05, 0.1) is 10.7 Å². The fourth-order valence-electron chi connectivity index (χ4n) is 2.44. The van der Waals surface area contributed by atoms with Crippen molar-refractivity contribution >= 4 is 33.2 Å². The molecule has 1 N–H and O–H groups in total. The van der Waals surface area contributed by atoms with E-state index < -0.39 is 0 Å². The predicted octanol–water partition coefficient (Wildman–Crippen LogP) is 4.62. The van der Waals surface area contributed by atoms with Crippen LogP contribution in [0.2, 0.25) is 0 Å². The number of halogens is 1. The Kier molecular flexibility index (Phi) is 6.41. The highest BCUT2D eigenvalue weighted by atomic mass is 79.9. The van der Waals surface area contributed by atoms with Gasteiger partial charge in [-0.15, -0.1) is 11.3 Å². The van der Waals surface area contributed by atoms with E-state index in [1.54, 1.807) is 11.3 Å². The van der Waals surface area contributed by atoms with E-state index >= 15 is 0 Å². The van der Waals surface area contributed by atoms with Crippen molar-refractivity contribution in [2.24, 2.45) is 0 Å². The minimum absolute atomic E-state index is 0.0125. The maximum Gasteiger partial charge on any atom is 0.257 e. The molecule has 4 nitrogen and oxygen atoms in total. The molecule has 0 saturated heterocycles. The van der Waals surface area contributed by atoms with E-state index in [0.717, 1.165) is 27.2 Å². The zero-order chi connectivity index (χ0) is 18.4. The highest BCUT2D eigenvalue weighted by Crippen LogP contribution is 2.22. The molecule has 0 unspecified atom stereocenters. The van der Waals surface area contributed by atoms with E-state index in [4.69, 9.17) is 4.74 Å². The molecular formula is C20H19BrN2O2S. The number of rotatable bonds is 7. The summed E-state index contributed by atoms with van der Waals surface area (Å²) in [6, 6.07) is 15.7. The number of nitrogens with one attached hydrogen (secondary N) is 1. The van der Waals surface area contributed by atoms with Gasteiger partial charge in [0.25, 0.3) is 5.91 Å². The molecule has 0 aliphatic rings. The van der Waals surface area contributed by atoms with Crippen LogP contribution in [0.15, 0.2) is 58.4 Å². The second kappa shape index (κ2) is 8.96. The third-order valence-electron chi connectivity index (χ3n) is 3.77. The fourth-order valence-corrected chi connectivity index (χ4v) is 3.44. The van der Waals surface area contributed by atoms with E-state index in [0.29, 0.717) is 12.3 Å². The Balaban J connectivity index is 1.42. The first-order valence-corrected chi connectivity index (χ1v) is 9.94. The monoisotopic (exact) mass is 430 g/mol. The number of amides is 1. The molecule has 26 heavy (non-hydrogen) atoms. The standard InChI is InChI=1S/C20H19BrN2O2S/c1-14-23-19(13-26-14)16-7-5-15(6-8-16)9-10-22-20(24)12-25-18-4-2-3-17(21)11-18/h2-8,11,13H,9-10,12H2,1H3,(H,22,24). The van der Waals surface area contributed by atoms with E-state index in [2.05, 4.69) is 55.9 Å². The highest BCUT2D eigenvalue weighted by molar-refractivity contribution is 9.10. The molecule has 1 aromatic heterocycles. The molecular weight excluding hydrogens is 412 g/mol. The molecule has 0 aliphatic heterocycles. The van der Waals surface area contributed by atoms with Crippen molar-refractivity contribution in [2.75, 3.05) is 13.2 Å². The van der Waals surface area contributed by atoms with E-state index in [1.165, 1.54) is 5.56 Å². The maximum atomic E-state index is 11.9. The van der Waals surface area contributed by atoms with Gasteiger partial charge in [-0.1, -0.05) is 46.3 Å². The summed E-state index contributed by atoms with van der Waals surface area (Å²) in [4.78, 5) is 16.4. The van der Waals surface area contributed by atoms with Crippen LogP contribution < -0.4 is 10.1 Å². The van der Waals surface area contributed by atoms with Gasteiger partial charge < -0.3 is 10.1 Å². The van der Waals surface area contributed by atoms with Crippen LogP contribution in [0.3, 0.4) is 0 Å². The average molecular weight is 431 g/mol. The van der Waals surface area contributed by atoms with Crippen molar-refractivity contribution in [3.63, 3.8) is 0 Å². The summed E-state index contributed by atoms with van der Waals surface area (Å²) < 4.78 is 6.39. The molecule has 2 aromatic carbocycles. The second-order valence-electron chi connectivity index (χ2n) is 5.79. The smallest absolute Gasteiger partial charge is 0.257 e. The number of benzene rings is 2. The highest BCUT2D eigenvalue weighted by Gasteiger charge is 2.04. The summed E-state index contributed by atoms with van der Waals surface area (Å²) in [5.41, 5.74) is 3.30. The summed E-state index contributed by atoms with van der Waals surface area (Å²) in [7, 11) is 0. The maximum absolute atomic E-state index is 11.9. The van der Waals surface area contributed by atoms with Gasteiger partial charge in [-0.05, 0) is 37.1 Å². The van der Waals surface area contributed by atoms with E-state index in [-0.39, 0.29) is 12.5 Å². The van der Waals surface area contributed by atoms with Crippen LogP contribution >= 0.6 is 27.3 Å². The molecule has 3 rings (SSSR count). The van der Waals surface area contributed by atoms with Crippen LogP contribution in [0.1, 0.15) is 10.6 Å². The quantitative estimate of drug-likeness (QED) is 0.594. The average Bonchev–Trinajstić information content (AvgIpc) is 3.07. The normalized spacial score (nSPS) is 10.5. The number of carbonyl (C=O) groups is 1. The Morgan fingerprint density at radius 2 is 2.04 bits per heavy atom. The largest absolute Gasteiger partial charge is 0.484 e. The van der Waals surface area contributed by atoms with E-state index in [1.807, 2.05) is 31.2 Å². The lowest BCUT2D eigenvalue weighted by Gasteiger charge is -2.08. The molecule has 134 valence electrons. The van der Waals surface area contributed by atoms with Crippen molar-refractivity contribution in [1.82, 2.24) is 10.3 Å². The van der Waals surface area contributed by atoms with Crippen LogP contribution in [-0.2, 0) is 11.2 Å². The topological polar surface area (TPSA) is 51.2 Å². The Bertz CT molecular complexity index is 878. The lowest BCUT2D eigenvalue weighted by molar-refractivity contribution is -0.123. The molecule has 0 atom stereocenters. The summed E-state index contributed by atoms with van der Waals surface area (Å²) in [5, 5.41) is 6.01. The van der Waals surface area contributed by atoms with Crippen molar-refractivity contribution < 1.29 is 9.53 Å². The van der Waals surface area contributed by atoms with Crippen LogP contribution in [-0.4, -0.2) is 24.0 Å². The van der Waals surface area contributed by atoms with Gasteiger partial charge in [-0.25, -0.2) is 4.98 Å². The molecule has 0 aliphatic carbocycles. The number of aryl methyl sites for hydroxylation is 1. The van der Waals surface area contributed by atoms with Crippen molar-refractivity contribution in [3.05, 3.63) is 69.0 Å². The number of aromatic nitrogens is 1. The fraction of sp³-hybridized carbons (Fsp3) is 0.200. The number of ether oxygens (including phenoxy) is 1. The third-order valence-corrected chi connectivity index (χ3v) is 5.04. The van der Waals surface area contributed by atoms with Crippen LogP contribution in [0.25, 0.3) is 11.3 Å². The molecule has 0 saturated carbocycles. The van der Waals surface area contributed by atoms with Crippen LogP contribution in [0, 0.1) is 6.92 Å². The summed E-state index contributed by atoms with van der Waals surface area (Å²) in [6.45, 7) is 2.60. The number of nitrogens with zero attached hydrogens (tertiary/aromatic N) is 1. The van der Waals surface area contributed by atoms with Gasteiger partial charge >= 0.3 is 0 Å². The Hall–Kier alpha value is -2.18. The molecule has 0 bridgehead atoms. The zero-order valence-electron chi connectivity index (χ0n) is 14.4. The van der Waals surface area contributed by atoms with Crippen molar-refractivity contribution in [1.29, 1.82) is 0 Å². The Morgan fingerprint density at radius 3 is 2.73 bits per heavy atom. The number of thiazole rings is 1. The first-order valence-electron chi connectivity index (χ1n) is 8.27. The molecule has 0 radical (unpaired) electrons. The number of hydrogen-bond donors (Lipinski definition) is 1. The Labute approximate surface area is 165 Å². The molecule has 3 aromatic rings. The van der Waals surface area contributed by atoms with Gasteiger partial charge in [-0.2, -0.15) is 0 Å².